The van der Waals surface area contributed by atoms with Crippen molar-refractivity contribution >= 4 is 23.6 Å². The quantitative estimate of drug-likeness (QED) is 0.583. The predicted octanol–water partition coefficient (Wildman–Crippen LogP) is 4.96. The maximum Gasteiger partial charge on any atom is 0.246 e. The first-order chi connectivity index (χ1) is 15.5. The Kier molecular flexibility index (Phi) is 6.59. The summed E-state index contributed by atoms with van der Waals surface area (Å²) in [5.74, 6) is 0.845. The van der Waals surface area contributed by atoms with E-state index < -0.39 is 0 Å². The Bertz CT molecular complexity index is 1110. The summed E-state index contributed by atoms with van der Waals surface area (Å²) in [6.45, 7) is 7.37. The molecule has 1 fully saturated rings. The standard InChI is InChI=1S/C26H29N5O/c1-18-14-19(2)29-26(28-18)30-23-15-20(3)27-24(16-23)22-10-7-13-31(17-22)25(32)12-11-21-8-5-4-6-9-21/h4-6,8-9,11-12,14-16,22H,7,10,13,17H2,1-3H3,(H,27,28,29,30)/b12-11+/t22-/m0/s1. The first-order valence-electron chi connectivity index (χ1n) is 11.1. The van der Waals surface area contributed by atoms with Crippen LogP contribution in [-0.4, -0.2) is 38.8 Å². The number of anilines is 2. The number of rotatable bonds is 5. The number of likely N-dealkylation sites (tertiary alicyclic amines) is 1. The Hall–Kier alpha value is -3.54. The zero-order chi connectivity index (χ0) is 22.5. The Morgan fingerprint density at radius 2 is 1.72 bits per heavy atom. The highest BCUT2D eigenvalue weighted by Gasteiger charge is 2.25. The molecule has 1 saturated heterocycles. The lowest BCUT2D eigenvalue weighted by atomic mass is 9.93. The van der Waals surface area contributed by atoms with Gasteiger partial charge < -0.3 is 10.2 Å². The number of pyridine rings is 1. The molecule has 0 unspecified atom stereocenters. The highest BCUT2D eigenvalue weighted by atomic mass is 16.2. The van der Waals surface area contributed by atoms with Crippen molar-refractivity contribution in [1.82, 2.24) is 19.9 Å². The summed E-state index contributed by atoms with van der Waals surface area (Å²) in [6, 6.07) is 15.9. The van der Waals surface area contributed by atoms with E-state index >= 15 is 0 Å². The van der Waals surface area contributed by atoms with Gasteiger partial charge in [-0.3, -0.25) is 9.78 Å². The monoisotopic (exact) mass is 427 g/mol. The SMILES string of the molecule is Cc1cc(Nc2nc(C)cc(C)n2)cc([C@H]2CCCN(C(=O)/C=C/c3ccccc3)C2)n1. The summed E-state index contributed by atoms with van der Waals surface area (Å²) in [7, 11) is 0. The van der Waals surface area contributed by atoms with Crippen LogP contribution in [0.4, 0.5) is 11.6 Å². The number of piperidine rings is 1. The van der Waals surface area contributed by atoms with Crippen LogP contribution in [0.1, 0.15) is 47.1 Å². The Morgan fingerprint density at radius 3 is 2.47 bits per heavy atom. The fourth-order valence-corrected chi connectivity index (χ4v) is 4.14. The van der Waals surface area contributed by atoms with Crippen molar-refractivity contribution in [2.24, 2.45) is 0 Å². The zero-order valence-electron chi connectivity index (χ0n) is 18.9. The molecule has 32 heavy (non-hydrogen) atoms. The summed E-state index contributed by atoms with van der Waals surface area (Å²) in [4.78, 5) is 28.4. The molecule has 0 aliphatic carbocycles. The minimum atomic E-state index is 0.0493. The topological polar surface area (TPSA) is 71.0 Å². The van der Waals surface area contributed by atoms with Crippen LogP contribution in [0, 0.1) is 20.8 Å². The molecule has 3 aromatic rings. The van der Waals surface area contributed by atoms with Gasteiger partial charge in [0, 0.05) is 53.5 Å². The molecule has 1 aliphatic rings. The Balaban J connectivity index is 1.48. The van der Waals surface area contributed by atoms with Gasteiger partial charge in [-0.05, 0) is 63.5 Å². The lowest BCUT2D eigenvalue weighted by Gasteiger charge is -2.32. The molecule has 0 spiro atoms. The molecule has 164 valence electrons. The number of benzene rings is 1. The fourth-order valence-electron chi connectivity index (χ4n) is 4.14. The minimum absolute atomic E-state index is 0.0493. The first-order valence-corrected chi connectivity index (χ1v) is 11.1. The Labute approximate surface area is 189 Å². The van der Waals surface area contributed by atoms with Gasteiger partial charge in [-0.15, -0.1) is 0 Å². The van der Waals surface area contributed by atoms with Crippen molar-refractivity contribution in [2.75, 3.05) is 18.4 Å². The largest absolute Gasteiger partial charge is 0.338 e. The van der Waals surface area contributed by atoms with Crippen molar-refractivity contribution in [1.29, 1.82) is 0 Å². The van der Waals surface area contributed by atoms with Gasteiger partial charge in [-0.1, -0.05) is 30.3 Å². The fraction of sp³-hybridized carbons (Fsp3) is 0.308. The second-order valence-corrected chi connectivity index (χ2v) is 8.39. The second kappa shape index (κ2) is 9.73. The van der Waals surface area contributed by atoms with Gasteiger partial charge in [-0.25, -0.2) is 9.97 Å². The van der Waals surface area contributed by atoms with E-state index in [1.54, 1.807) is 6.08 Å². The van der Waals surface area contributed by atoms with Crippen LogP contribution in [0.5, 0.6) is 0 Å². The molecule has 1 aromatic carbocycles. The van der Waals surface area contributed by atoms with E-state index in [0.29, 0.717) is 12.5 Å². The third-order valence-corrected chi connectivity index (χ3v) is 5.58. The average Bonchev–Trinajstić information content (AvgIpc) is 2.77. The van der Waals surface area contributed by atoms with Gasteiger partial charge >= 0.3 is 0 Å². The number of hydrogen-bond acceptors (Lipinski definition) is 5. The molecule has 1 atom stereocenters. The molecule has 0 radical (unpaired) electrons. The third kappa shape index (κ3) is 5.58. The number of nitrogens with zero attached hydrogens (tertiary/aromatic N) is 4. The number of carbonyl (C=O) groups is 1. The van der Waals surface area contributed by atoms with Gasteiger partial charge in [0.15, 0.2) is 0 Å². The lowest BCUT2D eigenvalue weighted by molar-refractivity contribution is -0.127. The highest BCUT2D eigenvalue weighted by molar-refractivity contribution is 5.91. The van der Waals surface area contributed by atoms with Gasteiger partial charge in [0.05, 0.1) is 0 Å². The van der Waals surface area contributed by atoms with Crippen LogP contribution >= 0.6 is 0 Å². The predicted molar refractivity (Wildman–Crippen MR) is 128 cm³/mol. The number of nitrogens with one attached hydrogen (secondary N) is 1. The Morgan fingerprint density at radius 1 is 1.00 bits per heavy atom. The van der Waals surface area contributed by atoms with Crippen LogP contribution < -0.4 is 5.32 Å². The van der Waals surface area contributed by atoms with Crippen LogP contribution in [0.3, 0.4) is 0 Å². The van der Waals surface area contributed by atoms with E-state index in [-0.39, 0.29) is 11.8 Å². The van der Waals surface area contributed by atoms with E-state index in [4.69, 9.17) is 4.98 Å². The van der Waals surface area contributed by atoms with Crippen LogP contribution in [0.15, 0.2) is 54.6 Å². The molecular formula is C26H29N5O. The van der Waals surface area contributed by atoms with Crippen LogP contribution in [-0.2, 0) is 4.79 Å². The molecule has 3 heterocycles. The molecule has 6 nitrogen and oxygen atoms in total. The number of amides is 1. The summed E-state index contributed by atoms with van der Waals surface area (Å²) < 4.78 is 0. The maximum absolute atomic E-state index is 12.8. The molecule has 2 aromatic heterocycles. The zero-order valence-corrected chi connectivity index (χ0v) is 18.9. The molecule has 1 N–H and O–H groups in total. The summed E-state index contributed by atoms with van der Waals surface area (Å²) in [5.41, 5.74) is 5.74. The van der Waals surface area contributed by atoms with Crippen LogP contribution in [0.25, 0.3) is 6.08 Å². The van der Waals surface area contributed by atoms with Gasteiger partial charge in [0.1, 0.15) is 0 Å². The maximum atomic E-state index is 12.8. The summed E-state index contributed by atoms with van der Waals surface area (Å²) >= 11 is 0. The molecule has 1 aliphatic heterocycles. The van der Waals surface area contributed by atoms with E-state index in [1.165, 1.54) is 0 Å². The van der Waals surface area contributed by atoms with E-state index in [9.17, 15) is 4.79 Å². The van der Waals surface area contributed by atoms with Gasteiger partial charge in [0.25, 0.3) is 0 Å². The van der Waals surface area contributed by atoms with Gasteiger partial charge in [-0.2, -0.15) is 0 Å². The third-order valence-electron chi connectivity index (χ3n) is 5.58. The average molecular weight is 428 g/mol. The minimum Gasteiger partial charge on any atom is -0.338 e. The molecule has 4 rings (SSSR count). The van der Waals surface area contributed by atoms with Crippen molar-refractivity contribution in [3.8, 4) is 0 Å². The van der Waals surface area contributed by atoms with Crippen molar-refractivity contribution in [3.05, 3.63) is 82.9 Å². The van der Waals surface area contributed by atoms with Gasteiger partial charge in [0.2, 0.25) is 11.9 Å². The van der Waals surface area contributed by atoms with E-state index in [2.05, 4.69) is 21.4 Å². The number of aryl methyl sites for hydroxylation is 3. The van der Waals surface area contributed by atoms with Crippen molar-refractivity contribution in [2.45, 2.75) is 39.5 Å². The summed E-state index contributed by atoms with van der Waals surface area (Å²) in [5, 5.41) is 3.32. The number of carbonyl (C=O) groups excluding carboxylic acids is 1. The van der Waals surface area contributed by atoms with Crippen molar-refractivity contribution < 1.29 is 4.79 Å². The normalized spacial score (nSPS) is 16.3. The molecular weight excluding hydrogens is 398 g/mol. The van der Waals surface area contributed by atoms with E-state index in [1.807, 2.05) is 74.2 Å². The van der Waals surface area contributed by atoms with Crippen LogP contribution in [0.2, 0.25) is 0 Å². The van der Waals surface area contributed by atoms with E-state index in [0.717, 1.165) is 53.4 Å². The summed E-state index contributed by atoms with van der Waals surface area (Å²) in [6.07, 6.45) is 5.53. The first kappa shape index (κ1) is 21.7. The smallest absolute Gasteiger partial charge is 0.246 e. The number of aromatic nitrogens is 3. The number of hydrogen-bond donors (Lipinski definition) is 1. The highest BCUT2D eigenvalue weighted by Crippen LogP contribution is 2.28. The molecule has 0 saturated carbocycles. The lowest BCUT2D eigenvalue weighted by Crippen LogP contribution is -2.38. The molecule has 0 bridgehead atoms. The second-order valence-electron chi connectivity index (χ2n) is 8.39. The molecule has 1 amide bonds. The van der Waals surface area contributed by atoms with Crippen molar-refractivity contribution in [3.63, 3.8) is 0 Å². The molecule has 6 heteroatoms.